The van der Waals surface area contributed by atoms with E-state index < -0.39 is 47.5 Å². The van der Waals surface area contributed by atoms with Crippen LogP contribution in [-0.4, -0.2) is 54.1 Å². The molecule has 2 aliphatic heterocycles. The number of aromatic nitrogens is 4. The van der Waals surface area contributed by atoms with E-state index in [4.69, 9.17) is 36.1 Å². The van der Waals surface area contributed by atoms with E-state index in [1.165, 1.54) is 180 Å². The van der Waals surface area contributed by atoms with Gasteiger partial charge in [0, 0.05) is 55.1 Å². The van der Waals surface area contributed by atoms with Gasteiger partial charge in [-0.25, -0.2) is 8.78 Å². The molecule has 14 heteroatoms. The molecule has 4 aliphatic rings. The predicted molar refractivity (Wildman–Crippen MR) is 398 cm³/mol. The zero-order valence-corrected chi connectivity index (χ0v) is 63.0. The number of hydrogen-bond acceptors (Lipinski definition) is 10. The summed E-state index contributed by atoms with van der Waals surface area (Å²) >= 11 is 2.32. The third kappa shape index (κ3) is 16.8. The van der Waals surface area contributed by atoms with Crippen molar-refractivity contribution in [3.63, 3.8) is 0 Å². The number of benzene rings is 3. The SMILES string of the molecule is CCCCCCCCCCCCC1(CCCCCCCCCCCC)c2cc(B3OC(C)(C)C(C)(C)O3)c3nsnc3c2-c2c(F)c3c(c(F)c21)-c1c(cc(B2OC(C)(C)C(C)(C)O2)c2nsnc12)C3(CCCCCCCCCCCC)CCCCCCCCCCCC. The van der Waals surface area contributed by atoms with Crippen molar-refractivity contribution in [2.75, 3.05) is 0 Å². The van der Waals surface area contributed by atoms with Gasteiger partial charge < -0.3 is 18.6 Å². The molecule has 3 aromatic carbocycles. The summed E-state index contributed by atoms with van der Waals surface area (Å²) in [5.41, 5.74) is 5.33. The Balaban J connectivity index is 1.23. The average molecular weight is 1330 g/mol. The van der Waals surface area contributed by atoms with Gasteiger partial charge in [0.1, 0.15) is 33.7 Å². The van der Waals surface area contributed by atoms with E-state index in [1.54, 1.807) is 0 Å². The first-order chi connectivity index (χ1) is 45.4. The Morgan fingerprint density at radius 3 is 0.755 bits per heavy atom. The van der Waals surface area contributed by atoms with Crippen LogP contribution in [0.3, 0.4) is 0 Å². The normalized spacial score (nSPS) is 17.7. The van der Waals surface area contributed by atoms with Gasteiger partial charge in [0.2, 0.25) is 0 Å². The van der Waals surface area contributed by atoms with Gasteiger partial charge in [0.05, 0.1) is 45.9 Å². The zero-order chi connectivity index (χ0) is 67.0. The summed E-state index contributed by atoms with van der Waals surface area (Å²) in [6.45, 7) is 25.9. The van der Waals surface area contributed by atoms with Gasteiger partial charge in [0.25, 0.3) is 0 Å². The molecule has 2 aliphatic carbocycles. The minimum Gasteiger partial charge on any atom is -0.399 e. The van der Waals surface area contributed by atoms with Gasteiger partial charge in [-0.3, -0.25) is 0 Å². The molecule has 2 saturated heterocycles. The molecular weight excluding hydrogens is 1200 g/mol. The van der Waals surface area contributed by atoms with E-state index in [2.05, 4.69) is 95.2 Å². The summed E-state index contributed by atoms with van der Waals surface area (Å²) in [6.07, 6.45) is 50.7. The molecule has 522 valence electrons. The summed E-state index contributed by atoms with van der Waals surface area (Å²) in [5.74, 6) is -0.551. The maximum atomic E-state index is 20.6. The number of halogens is 2. The van der Waals surface area contributed by atoms with Gasteiger partial charge in [0.15, 0.2) is 0 Å². The number of hydrogen-bond donors (Lipinski definition) is 0. The number of rotatable bonds is 46. The average Bonchev–Trinajstić information content (AvgIpc) is 1.50. The fourth-order valence-corrected chi connectivity index (χ4v) is 17.9. The molecule has 0 saturated carbocycles. The van der Waals surface area contributed by atoms with Gasteiger partial charge in [-0.1, -0.05) is 297 Å². The molecule has 8 nitrogen and oxygen atoms in total. The smallest absolute Gasteiger partial charge is 0.399 e. The largest absolute Gasteiger partial charge is 0.497 e. The van der Waals surface area contributed by atoms with E-state index in [0.717, 1.165) is 134 Å². The molecule has 0 radical (unpaired) electrons. The van der Waals surface area contributed by atoms with Crippen LogP contribution >= 0.6 is 23.5 Å². The number of fused-ring (bicyclic) bond motifs is 10. The lowest BCUT2D eigenvalue weighted by atomic mass is 9.66. The van der Waals surface area contributed by atoms with Crippen LogP contribution in [0.4, 0.5) is 8.78 Å². The van der Waals surface area contributed by atoms with Crippen LogP contribution in [0.5, 0.6) is 0 Å². The Hall–Kier alpha value is -2.87. The van der Waals surface area contributed by atoms with Crippen molar-refractivity contribution in [3.8, 4) is 22.3 Å². The van der Waals surface area contributed by atoms with Crippen molar-refractivity contribution in [3.05, 3.63) is 46.0 Å². The maximum Gasteiger partial charge on any atom is 0.497 e. The molecule has 0 N–H and O–H groups in total. The van der Waals surface area contributed by atoms with Crippen molar-refractivity contribution in [1.82, 2.24) is 17.5 Å². The molecule has 0 bridgehead atoms. The Morgan fingerprint density at radius 2 is 0.521 bits per heavy atom. The highest BCUT2D eigenvalue weighted by molar-refractivity contribution is 7.00. The fourth-order valence-electron chi connectivity index (χ4n) is 16.8. The lowest BCUT2D eigenvalue weighted by Gasteiger charge is -2.35. The first-order valence-corrected chi connectivity index (χ1v) is 40.7. The zero-order valence-electron chi connectivity index (χ0n) is 61.4. The molecule has 0 spiro atoms. The summed E-state index contributed by atoms with van der Waals surface area (Å²) in [4.78, 5) is 0. The number of nitrogens with zero attached hydrogens (tertiary/aromatic N) is 4. The first-order valence-electron chi connectivity index (χ1n) is 39.2. The van der Waals surface area contributed by atoms with Crippen molar-refractivity contribution >= 4 is 70.7 Å². The highest BCUT2D eigenvalue weighted by atomic mass is 32.1. The first kappa shape index (κ1) is 75.3. The molecule has 2 aromatic heterocycles. The molecule has 0 unspecified atom stereocenters. The maximum absolute atomic E-state index is 20.6. The molecule has 5 aromatic rings. The Kier molecular flexibility index (Phi) is 28.0. The van der Waals surface area contributed by atoms with E-state index in [-0.39, 0.29) is 11.6 Å². The van der Waals surface area contributed by atoms with Crippen LogP contribution in [0.2, 0.25) is 0 Å². The quantitative estimate of drug-likeness (QED) is 0.0281. The van der Waals surface area contributed by atoms with Crippen LogP contribution in [0.1, 0.15) is 388 Å². The van der Waals surface area contributed by atoms with E-state index in [9.17, 15) is 0 Å². The molecule has 0 atom stereocenters. The highest BCUT2D eigenvalue weighted by Crippen LogP contribution is 2.65. The third-order valence-corrected chi connectivity index (χ3v) is 24.9. The second kappa shape index (κ2) is 35.0. The molecule has 4 heterocycles. The molecule has 94 heavy (non-hydrogen) atoms. The van der Waals surface area contributed by atoms with Crippen molar-refractivity contribution in [2.45, 2.75) is 399 Å². The minimum absolute atomic E-state index is 0.276. The Morgan fingerprint density at radius 1 is 0.309 bits per heavy atom. The third-order valence-electron chi connectivity index (χ3n) is 23.8. The van der Waals surface area contributed by atoms with E-state index >= 15 is 8.78 Å². The lowest BCUT2D eigenvalue weighted by Crippen LogP contribution is -2.41. The highest BCUT2D eigenvalue weighted by Gasteiger charge is 2.59. The van der Waals surface area contributed by atoms with Gasteiger partial charge >= 0.3 is 14.2 Å². The van der Waals surface area contributed by atoms with Crippen LogP contribution in [0, 0.1) is 11.6 Å². The number of unbranched alkanes of at least 4 members (excludes halogenated alkanes) is 36. The molecular formula is C80H126B2F2N4O4S2. The van der Waals surface area contributed by atoms with Gasteiger partial charge in [-0.15, -0.1) is 0 Å². The van der Waals surface area contributed by atoms with Gasteiger partial charge in [-0.2, -0.15) is 17.5 Å². The van der Waals surface area contributed by atoms with Crippen LogP contribution < -0.4 is 10.9 Å². The van der Waals surface area contributed by atoms with E-state index in [0.29, 0.717) is 70.0 Å². The lowest BCUT2D eigenvalue weighted by molar-refractivity contribution is 0.00578. The van der Waals surface area contributed by atoms with Crippen molar-refractivity contribution in [2.24, 2.45) is 0 Å². The Bertz CT molecular complexity index is 2890. The van der Waals surface area contributed by atoms with Crippen LogP contribution in [0.25, 0.3) is 44.3 Å². The minimum atomic E-state index is -0.873. The summed E-state index contributed by atoms with van der Waals surface area (Å²) in [5, 5.41) is 0. The fraction of sp³-hybridized carbons (Fsp3) is 0.775. The summed E-state index contributed by atoms with van der Waals surface area (Å²) < 4.78 is 89.8. The van der Waals surface area contributed by atoms with E-state index in [1.807, 2.05) is 0 Å². The van der Waals surface area contributed by atoms with Crippen LogP contribution in [-0.2, 0) is 29.4 Å². The topological polar surface area (TPSA) is 88.5 Å². The second-order valence-electron chi connectivity index (χ2n) is 31.9. The molecule has 0 amide bonds. The van der Waals surface area contributed by atoms with Gasteiger partial charge in [-0.05, 0) is 92.2 Å². The summed E-state index contributed by atoms with van der Waals surface area (Å²) in [7, 11) is -1.47. The van der Waals surface area contributed by atoms with Crippen molar-refractivity contribution in [1.29, 1.82) is 0 Å². The predicted octanol–water partition coefficient (Wildman–Crippen LogP) is 24.3. The standard InChI is InChI=1S/C80H126B2F2N4O4S2/c1-13-17-21-25-29-33-37-41-45-49-53-79(54-50-46-42-38-34-30-26-22-18-14-2)59-57-61(81-89-75(5,6)76(7,8)90-81)71-73(87-93-85-71)63(59)65-67(79)69(83)66-64-60(58-62(72-74(64)88-94-86-72)82-91-77(9,10)78(11,12)92-82)80(68(66)70(65)84,55-51-47-43-39-35-31-27-23-19-15-3)56-52-48-44-40-36-32-28-24-20-16-4/h57-58H,13-56H2,1-12H3. The Labute approximate surface area is 579 Å². The second-order valence-corrected chi connectivity index (χ2v) is 33.0. The molecule has 2 fully saturated rings. The monoisotopic (exact) mass is 1330 g/mol. The summed E-state index contributed by atoms with van der Waals surface area (Å²) in [6, 6.07) is 4.51. The van der Waals surface area contributed by atoms with Crippen LogP contribution in [0.15, 0.2) is 12.1 Å². The van der Waals surface area contributed by atoms with Crippen molar-refractivity contribution < 1.29 is 27.4 Å². The molecule has 9 rings (SSSR count).